The Morgan fingerprint density at radius 1 is 0.929 bits per heavy atom. The molecule has 0 radical (unpaired) electrons. The summed E-state index contributed by atoms with van der Waals surface area (Å²) in [4.78, 5) is 11.0. The fourth-order valence-corrected chi connectivity index (χ4v) is 2.98. The molecule has 0 aromatic heterocycles. The molecule has 4 heteroatoms. The van der Waals surface area contributed by atoms with Crippen LogP contribution in [-0.2, 0) is 17.3 Å². The van der Waals surface area contributed by atoms with Gasteiger partial charge in [-0.1, -0.05) is 65.5 Å². The summed E-state index contributed by atoms with van der Waals surface area (Å²) in [5.74, 6) is 4.91. The first-order chi connectivity index (χ1) is 12.8. The molecule has 0 aliphatic carbocycles. The van der Waals surface area contributed by atoms with Crippen molar-refractivity contribution in [3.63, 3.8) is 0 Å². The van der Waals surface area contributed by atoms with Crippen LogP contribution < -0.4 is 0 Å². The van der Waals surface area contributed by atoms with Crippen molar-refractivity contribution in [2.45, 2.75) is 58.8 Å². The van der Waals surface area contributed by atoms with Gasteiger partial charge in [0, 0.05) is 12.0 Å². The molecule has 0 saturated carbocycles. The minimum atomic E-state index is -1.18. The Bertz CT molecular complexity index is 926. The van der Waals surface area contributed by atoms with Gasteiger partial charge >= 0.3 is 5.97 Å². The number of hydrogen-bond acceptors (Lipinski definition) is 3. The molecule has 0 spiro atoms. The minimum absolute atomic E-state index is 0.145. The van der Waals surface area contributed by atoms with Gasteiger partial charge in [-0.15, -0.1) is 0 Å². The van der Waals surface area contributed by atoms with Crippen LogP contribution in [-0.4, -0.2) is 21.3 Å². The average molecular weight is 380 g/mol. The maximum Gasteiger partial charge on any atom is 0.339 e. The Kier molecular flexibility index (Phi) is 5.80. The van der Waals surface area contributed by atoms with Gasteiger partial charge in [-0.05, 0) is 45.7 Å². The molecule has 0 saturated heterocycles. The highest BCUT2D eigenvalue weighted by molar-refractivity contribution is 5.90. The molecular formula is C24H28O4. The summed E-state index contributed by atoms with van der Waals surface area (Å²) in [6.45, 7) is 12.4. The number of benzene rings is 2. The molecule has 0 bridgehead atoms. The Balaban J connectivity index is 2.39. The third kappa shape index (κ3) is 4.86. The van der Waals surface area contributed by atoms with Crippen LogP contribution in [0.15, 0.2) is 30.3 Å². The molecule has 0 fully saturated rings. The van der Waals surface area contributed by atoms with Crippen molar-refractivity contribution in [1.29, 1.82) is 0 Å². The molecule has 0 amide bonds. The van der Waals surface area contributed by atoms with Crippen molar-refractivity contribution in [2.24, 2.45) is 0 Å². The Labute approximate surface area is 166 Å². The van der Waals surface area contributed by atoms with Crippen LogP contribution in [0.5, 0.6) is 11.5 Å². The highest BCUT2D eigenvalue weighted by Gasteiger charge is 2.26. The molecular weight excluding hydrogens is 352 g/mol. The number of rotatable bonds is 2. The van der Waals surface area contributed by atoms with E-state index in [1.54, 1.807) is 6.07 Å². The van der Waals surface area contributed by atoms with Gasteiger partial charge in [0.1, 0.15) is 17.1 Å². The predicted molar refractivity (Wildman–Crippen MR) is 111 cm³/mol. The third-order valence-electron chi connectivity index (χ3n) is 4.54. The molecule has 2 aromatic carbocycles. The molecule has 148 valence electrons. The van der Waals surface area contributed by atoms with Gasteiger partial charge < -0.3 is 15.3 Å². The summed E-state index contributed by atoms with van der Waals surface area (Å²) in [6, 6.07) is 8.26. The summed E-state index contributed by atoms with van der Waals surface area (Å²) in [5.41, 5.74) is 2.78. The zero-order chi connectivity index (χ0) is 21.3. The molecule has 2 rings (SSSR count). The van der Waals surface area contributed by atoms with E-state index in [4.69, 9.17) is 5.11 Å². The summed E-state index contributed by atoms with van der Waals surface area (Å²) in [6.07, 6.45) is 0.480. The number of carbonyl (C=O) groups is 1. The highest BCUT2D eigenvalue weighted by atomic mass is 16.4. The van der Waals surface area contributed by atoms with Gasteiger partial charge in [-0.2, -0.15) is 0 Å². The first kappa shape index (κ1) is 21.4. The Morgan fingerprint density at radius 3 is 1.89 bits per heavy atom. The molecule has 2 aromatic rings. The van der Waals surface area contributed by atoms with E-state index in [-0.39, 0.29) is 22.1 Å². The molecule has 28 heavy (non-hydrogen) atoms. The zero-order valence-electron chi connectivity index (χ0n) is 17.3. The highest BCUT2D eigenvalue weighted by Crippen LogP contribution is 2.39. The molecule has 0 unspecified atom stereocenters. The number of phenols is 2. The normalized spacial score (nSPS) is 11.6. The Hall–Kier alpha value is -2.93. The van der Waals surface area contributed by atoms with Crippen molar-refractivity contribution in [3.8, 4) is 23.3 Å². The van der Waals surface area contributed by atoms with Crippen LogP contribution in [0.25, 0.3) is 0 Å². The summed E-state index contributed by atoms with van der Waals surface area (Å²) >= 11 is 0. The van der Waals surface area contributed by atoms with Crippen LogP contribution in [0.1, 0.15) is 74.2 Å². The second-order valence-corrected chi connectivity index (χ2v) is 9.06. The topological polar surface area (TPSA) is 77.8 Å². The predicted octanol–water partition coefficient (Wildman–Crippen LogP) is 4.99. The van der Waals surface area contributed by atoms with Crippen LogP contribution >= 0.6 is 0 Å². The van der Waals surface area contributed by atoms with E-state index in [9.17, 15) is 15.0 Å². The second-order valence-electron chi connectivity index (χ2n) is 9.06. The summed E-state index contributed by atoms with van der Waals surface area (Å²) in [7, 11) is 0. The van der Waals surface area contributed by atoms with Gasteiger partial charge in [0.15, 0.2) is 0 Å². The molecule has 4 nitrogen and oxygen atoms in total. The smallest absolute Gasteiger partial charge is 0.339 e. The minimum Gasteiger partial charge on any atom is -0.507 e. The quantitative estimate of drug-likeness (QED) is 0.642. The van der Waals surface area contributed by atoms with E-state index in [1.165, 1.54) is 12.1 Å². The van der Waals surface area contributed by atoms with Crippen LogP contribution in [0.3, 0.4) is 0 Å². The summed E-state index contributed by atoms with van der Waals surface area (Å²) in [5, 5.41) is 29.5. The van der Waals surface area contributed by atoms with E-state index >= 15 is 0 Å². The van der Waals surface area contributed by atoms with Gasteiger partial charge in [0.05, 0.1) is 0 Å². The molecule has 0 aliphatic rings. The van der Waals surface area contributed by atoms with E-state index in [1.807, 2.05) is 12.1 Å². The lowest BCUT2D eigenvalue weighted by atomic mass is 9.78. The monoisotopic (exact) mass is 380 g/mol. The Morgan fingerprint density at radius 2 is 1.46 bits per heavy atom. The number of carboxylic acid groups (broad SMARTS) is 1. The van der Waals surface area contributed by atoms with Gasteiger partial charge in [0.25, 0.3) is 0 Å². The number of aromatic carboxylic acids is 1. The SMILES string of the molecule is CC(C)(C)c1cc(CC#Cc2ccc(C(=O)O)c(O)c2)cc(C(C)(C)C)c1O. The molecule has 0 atom stereocenters. The lowest BCUT2D eigenvalue weighted by Crippen LogP contribution is -2.17. The molecule has 0 heterocycles. The number of hydrogen-bond donors (Lipinski definition) is 3. The van der Waals surface area contributed by atoms with Gasteiger partial charge in [0.2, 0.25) is 0 Å². The van der Waals surface area contributed by atoms with Crippen molar-refractivity contribution in [2.75, 3.05) is 0 Å². The number of carboxylic acids is 1. The molecule has 0 aliphatic heterocycles. The van der Waals surface area contributed by atoms with Gasteiger partial charge in [-0.25, -0.2) is 4.79 Å². The lowest BCUT2D eigenvalue weighted by molar-refractivity contribution is 0.0693. The van der Waals surface area contributed by atoms with E-state index in [0.717, 1.165) is 16.7 Å². The van der Waals surface area contributed by atoms with E-state index in [2.05, 4.69) is 53.4 Å². The fourth-order valence-electron chi connectivity index (χ4n) is 2.98. The van der Waals surface area contributed by atoms with Crippen molar-refractivity contribution < 1.29 is 20.1 Å². The lowest BCUT2D eigenvalue weighted by Gasteiger charge is -2.28. The van der Waals surface area contributed by atoms with Crippen molar-refractivity contribution in [3.05, 3.63) is 58.1 Å². The number of phenolic OH excluding ortho intramolecular Hbond substituents is 1. The first-order valence-corrected chi connectivity index (χ1v) is 9.22. The average Bonchev–Trinajstić information content (AvgIpc) is 2.53. The fraction of sp³-hybridized carbons (Fsp3) is 0.375. The maximum atomic E-state index is 11.0. The van der Waals surface area contributed by atoms with Crippen molar-refractivity contribution in [1.82, 2.24) is 0 Å². The van der Waals surface area contributed by atoms with E-state index < -0.39 is 5.97 Å². The van der Waals surface area contributed by atoms with Crippen LogP contribution in [0.4, 0.5) is 0 Å². The second kappa shape index (κ2) is 7.59. The summed E-state index contributed by atoms with van der Waals surface area (Å²) < 4.78 is 0. The van der Waals surface area contributed by atoms with Gasteiger partial charge in [-0.3, -0.25) is 0 Å². The van der Waals surface area contributed by atoms with Crippen LogP contribution in [0, 0.1) is 11.8 Å². The standard InChI is InChI=1S/C24H28O4/c1-23(2,3)18-12-16(13-19(21(18)26)24(4,5)6)9-7-8-15-10-11-17(22(27)28)20(25)14-15/h10-14,25-26H,9H2,1-6H3,(H,27,28). The van der Waals surface area contributed by atoms with Crippen LogP contribution in [0.2, 0.25) is 0 Å². The first-order valence-electron chi connectivity index (χ1n) is 9.22. The zero-order valence-corrected chi connectivity index (χ0v) is 17.3. The maximum absolute atomic E-state index is 11.0. The third-order valence-corrected chi connectivity index (χ3v) is 4.54. The largest absolute Gasteiger partial charge is 0.507 e. The molecule has 3 N–H and O–H groups in total. The van der Waals surface area contributed by atoms with Crippen molar-refractivity contribution >= 4 is 5.97 Å². The van der Waals surface area contributed by atoms with E-state index in [0.29, 0.717) is 17.7 Å². The number of aromatic hydroxyl groups is 2.